The predicted molar refractivity (Wildman–Crippen MR) is 49.0 cm³/mol. The van der Waals surface area contributed by atoms with Gasteiger partial charge in [-0.1, -0.05) is 0 Å². The first-order chi connectivity index (χ1) is 5.79. The number of aliphatic hydroxyl groups is 1. The summed E-state index contributed by atoms with van der Waals surface area (Å²) in [6.07, 6.45) is 0. The molecule has 0 unspecified atom stereocenters. The summed E-state index contributed by atoms with van der Waals surface area (Å²) in [5, 5.41) is 10.9. The monoisotopic (exact) mass is 187 g/mol. The van der Waals surface area contributed by atoms with E-state index in [9.17, 15) is 0 Å². The first-order valence-corrected chi connectivity index (χ1v) is 4.59. The molecule has 0 aliphatic heterocycles. The van der Waals surface area contributed by atoms with Crippen LogP contribution in [-0.4, -0.2) is 18.8 Å². The second kappa shape index (κ2) is 4.57. The predicted octanol–water partition coefficient (Wildman–Crippen LogP) is 0.887. The van der Waals surface area contributed by atoms with Crippen molar-refractivity contribution in [3.05, 3.63) is 21.9 Å². The third-order valence-corrected chi connectivity index (χ3v) is 2.59. The van der Waals surface area contributed by atoms with Crippen LogP contribution in [0.1, 0.15) is 16.5 Å². The average molecular weight is 187 g/mol. The van der Waals surface area contributed by atoms with E-state index in [-0.39, 0.29) is 12.6 Å². The van der Waals surface area contributed by atoms with Crippen LogP contribution in [-0.2, 0) is 11.3 Å². The van der Waals surface area contributed by atoms with Crippen molar-refractivity contribution < 1.29 is 9.84 Å². The molecule has 1 atom stereocenters. The van der Waals surface area contributed by atoms with Crippen LogP contribution in [0.15, 0.2) is 11.4 Å². The maximum Gasteiger partial charge on any atom is 0.0777 e. The molecule has 0 fully saturated rings. The van der Waals surface area contributed by atoms with Gasteiger partial charge in [0.05, 0.1) is 19.3 Å². The Kier molecular flexibility index (Phi) is 3.68. The lowest BCUT2D eigenvalue weighted by molar-refractivity contribution is 0.180. The number of aliphatic hydroxyl groups excluding tert-OH is 1. The van der Waals surface area contributed by atoms with Crippen LogP contribution in [0.5, 0.6) is 0 Å². The lowest BCUT2D eigenvalue weighted by atomic mass is 10.1. The van der Waals surface area contributed by atoms with Crippen LogP contribution in [0, 0.1) is 0 Å². The Morgan fingerprint density at radius 1 is 1.75 bits per heavy atom. The highest BCUT2D eigenvalue weighted by atomic mass is 32.1. The third kappa shape index (κ3) is 2.04. The van der Waals surface area contributed by atoms with Gasteiger partial charge in [0.25, 0.3) is 0 Å². The molecule has 3 N–H and O–H groups in total. The fourth-order valence-electron chi connectivity index (χ4n) is 1.08. The molecule has 0 saturated heterocycles. The molecule has 0 saturated carbocycles. The molecule has 0 aromatic carbocycles. The molecule has 68 valence electrons. The van der Waals surface area contributed by atoms with Crippen LogP contribution < -0.4 is 5.73 Å². The van der Waals surface area contributed by atoms with Crippen LogP contribution in [0.4, 0.5) is 0 Å². The Bertz CT molecular complexity index is 237. The molecule has 1 heterocycles. The Morgan fingerprint density at radius 3 is 3.08 bits per heavy atom. The fourth-order valence-corrected chi connectivity index (χ4v) is 1.89. The topological polar surface area (TPSA) is 55.5 Å². The number of nitrogens with two attached hydrogens (primary N) is 1. The Hall–Kier alpha value is -0.420. The van der Waals surface area contributed by atoms with Gasteiger partial charge in [0, 0.05) is 12.0 Å². The lowest BCUT2D eigenvalue weighted by Crippen LogP contribution is -2.16. The average Bonchev–Trinajstić information content (AvgIpc) is 2.51. The van der Waals surface area contributed by atoms with Crippen molar-refractivity contribution in [2.75, 3.05) is 13.7 Å². The molecular weight excluding hydrogens is 174 g/mol. The number of thiophene rings is 1. The standard InChI is InChI=1S/C8H13NO2S/c1-11-5-7(9)6-2-3-12-8(6)4-10/h2-3,7,10H,4-5,9H2,1H3/t7-/m0/s1. The summed E-state index contributed by atoms with van der Waals surface area (Å²) >= 11 is 1.52. The van der Waals surface area contributed by atoms with Gasteiger partial charge >= 0.3 is 0 Å². The van der Waals surface area contributed by atoms with Crippen molar-refractivity contribution in [2.24, 2.45) is 5.73 Å². The van der Waals surface area contributed by atoms with E-state index in [2.05, 4.69) is 0 Å². The number of methoxy groups -OCH3 is 1. The molecule has 1 aromatic rings. The van der Waals surface area contributed by atoms with Gasteiger partial charge in [0.2, 0.25) is 0 Å². The molecule has 1 aromatic heterocycles. The fraction of sp³-hybridized carbons (Fsp3) is 0.500. The van der Waals surface area contributed by atoms with Crippen LogP contribution >= 0.6 is 11.3 Å². The molecule has 4 heteroatoms. The summed E-state index contributed by atoms with van der Waals surface area (Å²) in [7, 11) is 1.62. The van der Waals surface area contributed by atoms with Gasteiger partial charge < -0.3 is 15.6 Å². The summed E-state index contributed by atoms with van der Waals surface area (Å²) in [6.45, 7) is 0.550. The van der Waals surface area contributed by atoms with Crippen molar-refractivity contribution in [3.63, 3.8) is 0 Å². The van der Waals surface area contributed by atoms with Crippen molar-refractivity contribution in [2.45, 2.75) is 12.6 Å². The van der Waals surface area contributed by atoms with Gasteiger partial charge in [-0.3, -0.25) is 0 Å². The highest BCUT2D eigenvalue weighted by Crippen LogP contribution is 2.22. The molecule has 0 amide bonds. The third-order valence-electron chi connectivity index (χ3n) is 1.67. The van der Waals surface area contributed by atoms with E-state index in [1.165, 1.54) is 11.3 Å². The maximum absolute atomic E-state index is 8.94. The second-order valence-electron chi connectivity index (χ2n) is 2.52. The Labute approximate surface area is 75.8 Å². The van der Waals surface area contributed by atoms with Crippen LogP contribution in [0.3, 0.4) is 0 Å². The van der Waals surface area contributed by atoms with Gasteiger partial charge in [-0.05, 0) is 17.0 Å². The zero-order valence-corrected chi connectivity index (χ0v) is 7.80. The molecule has 0 aliphatic rings. The van der Waals surface area contributed by atoms with E-state index in [1.54, 1.807) is 7.11 Å². The summed E-state index contributed by atoms with van der Waals surface area (Å²) in [5.74, 6) is 0. The minimum Gasteiger partial charge on any atom is -0.391 e. The van der Waals surface area contributed by atoms with Gasteiger partial charge in [-0.25, -0.2) is 0 Å². The minimum absolute atomic E-state index is 0.0599. The summed E-state index contributed by atoms with van der Waals surface area (Å²) in [4.78, 5) is 0.930. The molecular formula is C8H13NO2S. The van der Waals surface area contributed by atoms with E-state index < -0.39 is 0 Å². The molecule has 12 heavy (non-hydrogen) atoms. The first-order valence-electron chi connectivity index (χ1n) is 3.71. The normalized spacial score (nSPS) is 13.2. The van der Waals surface area contributed by atoms with Crippen molar-refractivity contribution in [1.29, 1.82) is 0 Å². The summed E-state index contributed by atoms with van der Waals surface area (Å²) in [5.41, 5.74) is 6.79. The van der Waals surface area contributed by atoms with Gasteiger partial charge in [0.1, 0.15) is 0 Å². The smallest absolute Gasteiger partial charge is 0.0777 e. The second-order valence-corrected chi connectivity index (χ2v) is 3.52. The maximum atomic E-state index is 8.94. The SMILES string of the molecule is COC[C@H](N)c1ccsc1CO. The molecule has 0 bridgehead atoms. The Morgan fingerprint density at radius 2 is 2.50 bits per heavy atom. The zero-order chi connectivity index (χ0) is 8.97. The quantitative estimate of drug-likeness (QED) is 0.736. The van der Waals surface area contributed by atoms with E-state index in [0.717, 1.165) is 10.4 Å². The van der Waals surface area contributed by atoms with Crippen molar-refractivity contribution >= 4 is 11.3 Å². The molecule has 1 rings (SSSR count). The van der Waals surface area contributed by atoms with E-state index >= 15 is 0 Å². The van der Waals surface area contributed by atoms with Gasteiger partial charge in [0.15, 0.2) is 0 Å². The molecule has 0 aliphatic carbocycles. The van der Waals surface area contributed by atoms with E-state index in [1.807, 2.05) is 11.4 Å². The summed E-state index contributed by atoms with van der Waals surface area (Å²) < 4.78 is 4.92. The number of ether oxygens (including phenoxy) is 1. The number of rotatable bonds is 4. The number of hydrogen-bond donors (Lipinski definition) is 2. The van der Waals surface area contributed by atoms with Crippen LogP contribution in [0.25, 0.3) is 0 Å². The minimum atomic E-state index is -0.122. The first kappa shape index (κ1) is 9.67. The molecule has 0 radical (unpaired) electrons. The highest BCUT2D eigenvalue weighted by Gasteiger charge is 2.10. The van der Waals surface area contributed by atoms with Crippen molar-refractivity contribution in [3.8, 4) is 0 Å². The van der Waals surface area contributed by atoms with E-state index in [4.69, 9.17) is 15.6 Å². The van der Waals surface area contributed by atoms with Crippen molar-refractivity contribution in [1.82, 2.24) is 0 Å². The molecule has 0 spiro atoms. The highest BCUT2D eigenvalue weighted by molar-refractivity contribution is 7.10. The number of hydrogen-bond acceptors (Lipinski definition) is 4. The zero-order valence-electron chi connectivity index (χ0n) is 6.99. The molecule has 3 nitrogen and oxygen atoms in total. The summed E-state index contributed by atoms with van der Waals surface area (Å²) in [6, 6.07) is 1.81. The van der Waals surface area contributed by atoms with E-state index in [0.29, 0.717) is 6.61 Å². The van der Waals surface area contributed by atoms with Gasteiger partial charge in [-0.2, -0.15) is 0 Å². The van der Waals surface area contributed by atoms with Gasteiger partial charge in [-0.15, -0.1) is 11.3 Å². The largest absolute Gasteiger partial charge is 0.391 e. The Balaban J connectivity index is 2.71. The lowest BCUT2D eigenvalue weighted by Gasteiger charge is -2.09. The van der Waals surface area contributed by atoms with Crippen LogP contribution in [0.2, 0.25) is 0 Å².